The molecular formula is C12H17N7O. The first-order valence-electron chi connectivity index (χ1n) is 6.16. The van der Waals surface area contributed by atoms with Crippen molar-refractivity contribution < 1.29 is 4.79 Å². The summed E-state index contributed by atoms with van der Waals surface area (Å²) in [6.07, 6.45) is 1.76. The molecule has 0 saturated carbocycles. The monoisotopic (exact) mass is 275 g/mol. The van der Waals surface area contributed by atoms with Gasteiger partial charge in [0, 0.05) is 13.2 Å². The predicted octanol–water partition coefficient (Wildman–Crippen LogP) is 0.871. The SMILES string of the molecule is CC(C)c1nn(C)cc1NC(=O)c1ccc(NN)nn1. The number of carbonyl (C=O) groups excluding carboxylic acids is 1. The minimum absolute atomic E-state index is 0.210. The molecule has 2 aromatic heterocycles. The van der Waals surface area contributed by atoms with Gasteiger partial charge in [-0.1, -0.05) is 13.8 Å². The van der Waals surface area contributed by atoms with Crippen LogP contribution in [0.3, 0.4) is 0 Å². The van der Waals surface area contributed by atoms with Crippen molar-refractivity contribution in [1.82, 2.24) is 20.0 Å². The highest BCUT2D eigenvalue weighted by Crippen LogP contribution is 2.22. The summed E-state index contributed by atoms with van der Waals surface area (Å²) >= 11 is 0. The van der Waals surface area contributed by atoms with Gasteiger partial charge in [0.05, 0.1) is 11.4 Å². The van der Waals surface area contributed by atoms with E-state index in [1.165, 1.54) is 0 Å². The Morgan fingerprint density at radius 3 is 2.65 bits per heavy atom. The Hall–Kier alpha value is -2.48. The normalized spacial score (nSPS) is 10.7. The lowest BCUT2D eigenvalue weighted by Gasteiger charge is -2.06. The number of nitrogens with zero attached hydrogens (tertiary/aromatic N) is 4. The van der Waals surface area contributed by atoms with Gasteiger partial charge in [-0.3, -0.25) is 9.48 Å². The standard InChI is InChI=1S/C12H17N7O/c1-7(2)11-9(6-19(3)18-11)14-12(20)8-4-5-10(15-13)17-16-8/h4-7H,13H2,1-3H3,(H,14,20)(H,15,17). The average Bonchev–Trinajstić information content (AvgIpc) is 2.80. The van der Waals surface area contributed by atoms with Gasteiger partial charge in [-0.15, -0.1) is 10.2 Å². The smallest absolute Gasteiger partial charge is 0.276 e. The van der Waals surface area contributed by atoms with Crippen molar-refractivity contribution in [3.8, 4) is 0 Å². The highest BCUT2D eigenvalue weighted by Gasteiger charge is 2.15. The number of aryl methyl sites for hydroxylation is 1. The van der Waals surface area contributed by atoms with Gasteiger partial charge in [0.25, 0.3) is 5.91 Å². The lowest BCUT2D eigenvalue weighted by atomic mass is 10.1. The number of carbonyl (C=O) groups is 1. The van der Waals surface area contributed by atoms with Gasteiger partial charge in [0.2, 0.25) is 0 Å². The second-order valence-corrected chi connectivity index (χ2v) is 4.66. The van der Waals surface area contributed by atoms with Gasteiger partial charge in [-0.2, -0.15) is 5.10 Å². The number of anilines is 2. The summed E-state index contributed by atoms with van der Waals surface area (Å²) in [5.41, 5.74) is 4.07. The summed E-state index contributed by atoms with van der Waals surface area (Å²) in [4.78, 5) is 12.1. The molecule has 20 heavy (non-hydrogen) atoms. The lowest BCUT2D eigenvalue weighted by Crippen LogP contribution is -2.16. The molecule has 0 fully saturated rings. The van der Waals surface area contributed by atoms with E-state index in [-0.39, 0.29) is 17.5 Å². The number of nitrogens with two attached hydrogens (primary N) is 1. The Morgan fingerprint density at radius 1 is 1.35 bits per heavy atom. The van der Waals surface area contributed by atoms with Crippen molar-refractivity contribution in [1.29, 1.82) is 0 Å². The fraction of sp³-hybridized carbons (Fsp3) is 0.333. The number of hydrazine groups is 1. The molecule has 8 nitrogen and oxygen atoms in total. The van der Waals surface area contributed by atoms with Crippen LogP contribution in [-0.2, 0) is 7.05 Å². The molecular weight excluding hydrogens is 258 g/mol. The second-order valence-electron chi connectivity index (χ2n) is 4.66. The molecule has 2 rings (SSSR count). The average molecular weight is 275 g/mol. The first kappa shape index (κ1) is 13.9. The van der Waals surface area contributed by atoms with Crippen LogP contribution in [0.2, 0.25) is 0 Å². The summed E-state index contributed by atoms with van der Waals surface area (Å²) in [6.45, 7) is 4.03. The number of nitrogens with one attached hydrogen (secondary N) is 2. The van der Waals surface area contributed by atoms with Crippen molar-refractivity contribution in [2.24, 2.45) is 12.9 Å². The van der Waals surface area contributed by atoms with E-state index in [1.807, 2.05) is 20.9 Å². The molecule has 0 saturated heterocycles. The zero-order valence-electron chi connectivity index (χ0n) is 11.6. The summed E-state index contributed by atoms with van der Waals surface area (Å²) in [5.74, 6) is 5.46. The summed E-state index contributed by atoms with van der Waals surface area (Å²) in [5, 5.41) is 14.7. The Bertz CT molecular complexity index is 603. The maximum Gasteiger partial charge on any atom is 0.276 e. The van der Waals surface area contributed by atoms with Crippen LogP contribution >= 0.6 is 0 Å². The van der Waals surface area contributed by atoms with Crippen molar-refractivity contribution in [3.63, 3.8) is 0 Å². The number of rotatable bonds is 4. The van der Waals surface area contributed by atoms with Crippen molar-refractivity contribution >= 4 is 17.4 Å². The fourth-order valence-electron chi connectivity index (χ4n) is 1.75. The quantitative estimate of drug-likeness (QED) is 0.564. The molecule has 2 aromatic rings. The van der Waals surface area contributed by atoms with Gasteiger partial charge in [0.15, 0.2) is 11.5 Å². The minimum Gasteiger partial charge on any atom is -0.318 e. The zero-order chi connectivity index (χ0) is 14.7. The summed E-state index contributed by atoms with van der Waals surface area (Å²) in [7, 11) is 1.81. The van der Waals surface area contributed by atoms with E-state index in [9.17, 15) is 4.79 Å². The molecule has 106 valence electrons. The van der Waals surface area contributed by atoms with Crippen LogP contribution in [0.25, 0.3) is 0 Å². The van der Waals surface area contributed by atoms with Crippen molar-refractivity contribution in [3.05, 3.63) is 29.7 Å². The van der Waals surface area contributed by atoms with E-state index >= 15 is 0 Å². The third-order valence-corrected chi connectivity index (χ3v) is 2.70. The van der Waals surface area contributed by atoms with Crippen molar-refractivity contribution in [2.45, 2.75) is 19.8 Å². The van der Waals surface area contributed by atoms with E-state index in [1.54, 1.807) is 23.0 Å². The highest BCUT2D eigenvalue weighted by atomic mass is 16.1. The van der Waals surface area contributed by atoms with Gasteiger partial charge < -0.3 is 10.7 Å². The van der Waals surface area contributed by atoms with Crippen LogP contribution in [0.4, 0.5) is 11.5 Å². The molecule has 0 atom stereocenters. The maximum atomic E-state index is 12.1. The van der Waals surface area contributed by atoms with E-state index in [0.717, 1.165) is 5.69 Å². The highest BCUT2D eigenvalue weighted by molar-refractivity contribution is 6.03. The number of aromatic nitrogens is 4. The van der Waals surface area contributed by atoms with Crippen LogP contribution in [0.15, 0.2) is 18.3 Å². The summed E-state index contributed by atoms with van der Waals surface area (Å²) in [6, 6.07) is 3.12. The van der Waals surface area contributed by atoms with Crippen LogP contribution in [-0.4, -0.2) is 25.9 Å². The second kappa shape index (κ2) is 5.66. The van der Waals surface area contributed by atoms with Crippen LogP contribution in [0.1, 0.15) is 35.9 Å². The molecule has 0 bridgehead atoms. The van der Waals surface area contributed by atoms with Crippen molar-refractivity contribution in [2.75, 3.05) is 10.7 Å². The molecule has 0 spiro atoms. The number of amides is 1. The molecule has 8 heteroatoms. The van der Waals surface area contributed by atoms with E-state index < -0.39 is 0 Å². The molecule has 2 heterocycles. The Morgan fingerprint density at radius 2 is 2.10 bits per heavy atom. The van der Waals surface area contributed by atoms with Gasteiger partial charge in [-0.05, 0) is 18.1 Å². The molecule has 0 aliphatic heterocycles. The Labute approximate surface area is 116 Å². The molecule has 1 amide bonds. The number of hydrogen-bond donors (Lipinski definition) is 3. The lowest BCUT2D eigenvalue weighted by molar-refractivity contribution is 0.102. The number of hydrogen-bond acceptors (Lipinski definition) is 6. The maximum absolute atomic E-state index is 12.1. The van der Waals surface area contributed by atoms with Crippen LogP contribution < -0.4 is 16.6 Å². The zero-order valence-corrected chi connectivity index (χ0v) is 11.6. The summed E-state index contributed by atoms with van der Waals surface area (Å²) < 4.78 is 1.66. The third kappa shape index (κ3) is 2.91. The largest absolute Gasteiger partial charge is 0.318 e. The van der Waals surface area contributed by atoms with Gasteiger partial charge in [-0.25, -0.2) is 5.84 Å². The molecule has 0 radical (unpaired) electrons. The molecule has 0 aromatic carbocycles. The predicted molar refractivity (Wildman–Crippen MR) is 75.1 cm³/mol. The Kier molecular flexibility index (Phi) is 3.94. The van der Waals surface area contributed by atoms with Crippen LogP contribution in [0.5, 0.6) is 0 Å². The fourth-order valence-corrected chi connectivity index (χ4v) is 1.75. The van der Waals surface area contributed by atoms with Gasteiger partial charge in [0.1, 0.15) is 0 Å². The first-order valence-corrected chi connectivity index (χ1v) is 6.16. The number of nitrogen functional groups attached to an aromatic ring is 1. The minimum atomic E-state index is -0.337. The topological polar surface area (TPSA) is 111 Å². The molecule has 4 N–H and O–H groups in total. The Balaban J connectivity index is 2.18. The molecule has 0 aliphatic rings. The third-order valence-electron chi connectivity index (χ3n) is 2.70. The van der Waals surface area contributed by atoms with Gasteiger partial charge >= 0.3 is 0 Å². The van der Waals surface area contributed by atoms with E-state index in [2.05, 4.69) is 26.0 Å². The molecule has 0 unspecified atom stereocenters. The molecule has 0 aliphatic carbocycles. The van der Waals surface area contributed by atoms with Crippen LogP contribution in [0, 0.1) is 0 Å². The van der Waals surface area contributed by atoms with E-state index in [4.69, 9.17) is 5.84 Å². The first-order chi connectivity index (χ1) is 9.51. The van der Waals surface area contributed by atoms with E-state index in [0.29, 0.717) is 11.5 Å².